The Morgan fingerprint density at radius 2 is 1.93 bits per heavy atom. The largest absolute Gasteiger partial charge is 0.263 e. The van der Waals surface area contributed by atoms with Gasteiger partial charge in [-0.15, -0.1) is 0 Å². The molecular weight excluding hydrogens is 201 g/mol. The molecule has 84 valence electrons. The smallest absolute Gasteiger partial charge is 0.207 e. The fourth-order valence-electron chi connectivity index (χ4n) is 1.49. The first-order valence-electron chi connectivity index (χ1n) is 5.21. The second-order valence-electron chi connectivity index (χ2n) is 3.61. The monoisotopic (exact) mass is 216 g/mol. The molecule has 0 saturated carbocycles. The molecule has 0 saturated heterocycles. The molecule has 0 aromatic heterocycles. The summed E-state index contributed by atoms with van der Waals surface area (Å²) in [7, 11) is 0. The Kier molecular flexibility index (Phi) is 4.66. The standard InChI is InChI=1S/C12H15F3/c1-2-3-4-5-9-8-10(12(14)15)6-7-11(9)13/h6-8,12H,2-5H2,1H3. The van der Waals surface area contributed by atoms with Crippen LogP contribution in [0.1, 0.15) is 43.7 Å². The van der Waals surface area contributed by atoms with E-state index in [1.54, 1.807) is 0 Å². The lowest BCUT2D eigenvalue weighted by Gasteiger charge is -2.05. The summed E-state index contributed by atoms with van der Waals surface area (Å²) >= 11 is 0. The maximum atomic E-state index is 13.2. The highest BCUT2D eigenvalue weighted by Gasteiger charge is 2.10. The van der Waals surface area contributed by atoms with Gasteiger partial charge in [-0.2, -0.15) is 0 Å². The number of unbranched alkanes of at least 4 members (excludes halogenated alkanes) is 2. The van der Waals surface area contributed by atoms with Crippen LogP contribution in [0.25, 0.3) is 0 Å². The predicted molar refractivity (Wildman–Crippen MR) is 54.6 cm³/mol. The molecule has 3 heteroatoms. The Morgan fingerprint density at radius 1 is 1.20 bits per heavy atom. The molecule has 0 amide bonds. The minimum atomic E-state index is -2.52. The highest BCUT2D eigenvalue weighted by molar-refractivity contribution is 5.26. The summed E-state index contributed by atoms with van der Waals surface area (Å²) in [4.78, 5) is 0. The van der Waals surface area contributed by atoms with Gasteiger partial charge in [0, 0.05) is 5.56 Å². The molecule has 0 bridgehead atoms. The summed E-state index contributed by atoms with van der Waals surface area (Å²) in [5, 5.41) is 0. The van der Waals surface area contributed by atoms with Gasteiger partial charge in [0.05, 0.1) is 0 Å². The average Bonchev–Trinajstić information content (AvgIpc) is 2.20. The van der Waals surface area contributed by atoms with Crippen molar-refractivity contribution in [2.45, 2.75) is 39.0 Å². The van der Waals surface area contributed by atoms with E-state index in [1.807, 2.05) is 6.92 Å². The summed E-state index contributed by atoms with van der Waals surface area (Å²) in [6.45, 7) is 2.05. The van der Waals surface area contributed by atoms with Crippen LogP contribution in [0.4, 0.5) is 13.2 Å². The van der Waals surface area contributed by atoms with Crippen LogP contribution in [0.3, 0.4) is 0 Å². The third-order valence-electron chi connectivity index (χ3n) is 2.37. The molecule has 0 spiro atoms. The van der Waals surface area contributed by atoms with E-state index in [1.165, 1.54) is 6.07 Å². The van der Waals surface area contributed by atoms with Crippen molar-refractivity contribution in [1.82, 2.24) is 0 Å². The molecule has 0 aliphatic rings. The fourth-order valence-corrected chi connectivity index (χ4v) is 1.49. The van der Waals surface area contributed by atoms with Crippen LogP contribution in [0, 0.1) is 5.82 Å². The predicted octanol–water partition coefficient (Wildman–Crippen LogP) is 4.50. The lowest BCUT2D eigenvalue weighted by atomic mass is 10.0. The Morgan fingerprint density at radius 3 is 2.53 bits per heavy atom. The van der Waals surface area contributed by atoms with Gasteiger partial charge < -0.3 is 0 Å². The molecule has 0 atom stereocenters. The third kappa shape index (κ3) is 3.57. The van der Waals surface area contributed by atoms with Crippen molar-refractivity contribution in [3.8, 4) is 0 Å². The molecule has 15 heavy (non-hydrogen) atoms. The molecule has 1 rings (SSSR count). The van der Waals surface area contributed by atoms with Gasteiger partial charge in [0.25, 0.3) is 6.43 Å². The van der Waals surface area contributed by atoms with Crippen molar-refractivity contribution in [3.05, 3.63) is 35.1 Å². The van der Waals surface area contributed by atoms with Gasteiger partial charge in [-0.05, 0) is 30.5 Å². The molecule has 0 fully saturated rings. The highest BCUT2D eigenvalue weighted by atomic mass is 19.3. The number of hydrogen-bond acceptors (Lipinski definition) is 0. The summed E-state index contributed by atoms with van der Waals surface area (Å²) in [6.07, 6.45) is 0.907. The second-order valence-corrected chi connectivity index (χ2v) is 3.61. The molecule has 0 radical (unpaired) electrons. The lowest BCUT2D eigenvalue weighted by molar-refractivity contribution is 0.151. The Bertz CT molecular complexity index is 308. The van der Waals surface area contributed by atoms with E-state index in [2.05, 4.69) is 0 Å². The van der Waals surface area contributed by atoms with Gasteiger partial charge >= 0.3 is 0 Å². The van der Waals surface area contributed by atoms with Crippen LogP contribution in [0.5, 0.6) is 0 Å². The van der Waals surface area contributed by atoms with Crippen molar-refractivity contribution in [2.24, 2.45) is 0 Å². The highest BCUT2D eigenvalue weighted by Crippen LogP contribution is 2.22. The summed E-state index contributed by atoms with van der Waals surface area (Å²) in [6, 6.07) is 3.54. The zero-order valence-electron chi connectivity index (χ0n) is 8.77. The third-order valence-corrected chi connectivity index (χ3v) is 2.37. The number of hydrogen-bond donors (Lipinski definition) is 0. The number of benzene rings is 1. The van der Waals surface area contributed by atoms with Gasteiger partial charge in [-0.25, -0.2) is 13.2 Å². The number of rotatable bonds is 5. The van der Waals surface area contributed by atoms with Crippen LogP contribution in [-0.4, -0.2) is 0 Å². The van der Waals surface area contributed by atoms with Crippen LogP contribution >= 0.6 is 0 Å². The van der Waals surface area contributed by atoms with Crippen molar-refractivity contribution in [2.75, 3.05) is 0 Å². The summed E-state index contributed by atoms with van der Waals surface area (Å²) in [5.74, 6) is -0.379. The molecule has 1 aromatic rings. The molecule has 0 heterocycles. The Labute approximate surface area is 88.1 Å². The van der Waals surface area contributed by atoms with Crippen LogP contribution in [-0.2, 0) is 6.42 Å². The first-order chi connectivity index (χ1) is 7.15. The molecule has 0 aliphatic heterocycles. The first kappa shape index (κ1) is 12.1. The van der Waals surface area contributed by atoms with Crippen LogP contribution < -0.4 is 0 Å². The summed E-state index contributed by atoms with van der Waals surface area (Å²) < 4.78 is 37.9. The topological polar surface area (TPSA) is 0 Å². The van der Waals surface area contributed by atoms with Gasteiger partial charge in [-0.1, -0.05) is 25.8 Å². The van der Waals surface area contributed by atoms with Crippen LogP contribution in [0.15, 0.2) is 18.2 Å². The fraction of sp³-hybridized carbons (Fsp3) is 0.500. The van der Waals surface area contributed by atoms with Crippen molar-refractivity contribution < 1.29 is 13.2 Å². The van der Waals surface area contributed by atoms with E-state index >= 15 is 0 Å². The molecule has 0 N–H and O–H groups in total. The maximum absolute atomic E-state index is 13.2. The zero-order valence-corrected chi connectivity index (χ0v) is 8.77. The van der Waals surface area contributed by atoms with Gasteiger partial charge in [0.2, 0.25) is 0 Å². The minimum Gasteiger partial charge on any atom is -0.207 e. The summed E-state index contributed by atoms with van der Waals surface area (Å²) in [5.41, 5.74) is 0.309. The maximum Gasteiger partial charge on any atom is 0.263 e. The van der Waals surface area contributed by atoms with E-state index in [0.717, 1.165) is 31.4 Å². The van der Waals surface area contributed by atoms with E-state index in [9.17, 15) is 13.2 Å². The van der Waals surface area contributed by atoms with Crippen molar-refractivity contribution >= 4 is 0 Å². The number of aryl methyl sites for hydroxylation is 1. The molecule has 0 unspecified atom stereocenters. The molecule has 0 nitrogen and oxygen atoms in total. The molecule has 1 aromatic carbocycles. The number of halogens is 3. The van der Waals surface area contributed by atoms with Gasteiger partial charge in [-0.3, -0.25) is 0 Å². The van der Waals surface area contributed by atoms with Gasteiger partial charge in [0.1, 0.15) is 5.82 Å². The number of alkyl halides is 2. The Balaban J connectivity index is 2.72. The SMILES string of the molecule is CCCCCc1cc(C(F)F)ccc1F. The van der Waals surface area contributed by atoms with Crippen LogP contribution in [0.2, 0.25) is 0 Å². The average molecular weight is 216 g/mol. The van der Waals surface area contributed by atoms with Crippen molar-refractivity contribution in [1.29, 1.82) is 0 Å². The zero-order chi connectivity index (χ0) is 11.3. The van der Waals surface area contributed by atoms with E-state index < -0.39 is 6.43 Å². The quantitative estimate of drug-likeness (QED) is 0.636. The van der Waals surface area contributed by atoms with E-state index in [4.69, 9.17) is 0 Å². The molecular formula is C12H15F3. The Hall–Kier alpha value is -0.990. The lowest BCUT2D eigenvalue weighted by Crippen LogP contribution is -1.94. The van der Waals surface area contributed by atoms with E-state index in [0.29, 0.717) is 12.0 Å². The minimum absolute atomic E-state index is 0.0945. The molecule has 0 aliphatic carbocycles. The first-order valence-corrected chi connectivity index (χ1v) is 5.21. The normalized spacial score (nSPS) is 11.0. The van der Waals surface area contributed by atoms with E-state index in [-0.39, 0.29) is 11.4 Å². The second kappa shape index (κ2) is 5.79. The van der Waals surface area contributed by atoms with Gasteiger partial charge in [0.15, 0.2) is 0 Å². The van der Waals surface area contributed by atoms with Crippen molar-refractivity contribution in [3.63, 3.8) is 0 Å².